The van der Waals surface area contributed by atoms with Gasteiger partial charge in [-0.25, -0.2) is 4.79 Å². The molecule has 1 aromatic rings. The maximum Gasteiger partial charge on any atom is 0.410 e. The molecule has 2 amide bonds. The number of hydrogen-bond acceptors (Lipinski definition) is 4. The maximum absolute atomic E-state index is 12.2. The van der Waals surface area contributed by atoms with Crippen LogP contribution in [0.4, 0.5) is 16.2 Å². The number of ether oxygens (including phenoxy) is 1. The average Bonchev–Trinajstić information content (AvgIpc) is 2.88. The molecule has 0 aliphatic carbocycles. The summed E-state index contributed by atoms with van der Waals surface area (Å²) in [6.45, 7) is 2.29. The van der Waals surface area contributed by atoms with Crippen molar-refractivity contribution in [1.82, 2.24) is 4.90 Å². The summed E-state index contributed by atoms with van der Waals surface area (Å²) < 4.78 is 4.85. The van der Waals surface area contributed by atoms with Gasteiger partial charge in [0.05, 0.1) is 0 Å². The number of hydrogen-bond donors (Lipinski definition) is 1. The van der Waals surface area contributed by atoms with Gasteiger partial charge in [0.2, 0.25) is 0 Å². The van der Waals surface area contributed by atoms with E-state index in [1.54, 1.807) is 7.05 Å². The van der Waals surface area contributed by atoms with Crippen molar-refractivity contribution in [2.75, 3.05) is 37.0 Å². The molecular formula is C16H21N3O3. The van der Waals surface area contributed by atoms with Crippen LogP contribution in [0.5, 0.6) is 0 Å². The Bertz CT molecular complexity index is 552. The second-order valence-corrected chi connectivity index (χ2v) is 5.79. The van der Waals surface area contributed by atoms with E-state index in [-0.39, 0.29) is 12.5 Å². The largest absolute Gasteiger partial charge is 0.447 e. The van der Waals surface area contributed by atoms with E-state index in [1.165, 1.54) is 29.8 Å². The van der Waals surface area contributed by atoms with Gasteiger partial charge in [-0.2, -0.15) is 0 Å². The van der Waals surface area contributed by atoms with E-state index < -0.39 is 12.1 Å². The van der Waals surface area contributed by atoms with Crippen LogP contribution in [0.2, 0.25) is 0 Å². The first kappa shape index (κ1) is 14.7. The molecule has 6 heteroatoms. The number of benzene rings is 1. The molecule has 2 fully saturated rings. The number of cyclic esters (lactones) is 1. The van der Waals surface area contributed by atoms with E-state index in [2.05, 4.69) is 10.2 Å². The molecule has 3 rings (SSSR count). The zero-order valence-electron chi connectivity index (χ0n) is 12.7. The minimum atomic E-state index is -0.561. The van der Waals surface area contributed by atoms with Gasteiger partial charge < -0.3 is 15.0 Å². The fourth-order valence-electron chi connectivity index (χ4n) is 2.88. The molecule has 1 N–H and O–H groups in total. The standard InChI is InChI=1S/C16H21N3O3/c1-18-14(11-22-16(18)21)15(20)17-12-5-7-13(8-6-12)19-9-3-2-4-10-19/h5-8,14H,2-4,9-11H2,1H3,(H,17,20). The predicted molar refractivity (Wildman–Crippen MR) is 84.0 cm³/mol. The van der Waals surface area contributed by atoms with E-state index >= 15 is 0 Å². The molecule has 2 aliphatic rings. The average molecular weight is 303 g/mol. The Morgan fingerprint density at radius 2 is 1.86 bits per heavy atom. The number of likely N-dealkylation sites (N-methyl/N-ethyl adjacent to an activating group) is 1. The van der Waals surface area contributed by atoms with Crippen LogP contribution in [0, 0.1) is 0 Å². The van der Waals surface area contributed by atoms with E-state index in [4.69, 9.17) is 4.74 Å². The zero-order valence-corrected chi connectivity index (χ0v) is 12.7. The van der Waals surface area contributed by atoms with Crippen molar-refractivity contribution in [1.29, 1.82) is 0 Å². The second-order valence-electron chi connectivity index (χ2n) is 5.79. The van der Waals surface area contributed by atoms with Crippen molar-refractivity contribution >= 4 is 23.4 Å². The Kier molecular flexibility index (Phi) is 4.18. The highest BCUT2D eigenvalue weighted by molar-refractivity contribution is 5.97. The Morgan fingerprint density at radius 3 is 2.45 bits per heavy atom. The van der Waals surface area contributed by atoms with Crippen LogP contribution in [0.25, 0.3) is 0 Å². The number of carbonyl (C=O) groups is 2. The van der Waals surface area contributed by atoms with Crippen LogP contribution in [0.15, 0.2) is 24.3 Å². The van der Waals surface area contributed by atoms with Gasteiger partial charge in [-0.15, -0.1) is 0 Å². The number of amides is 2. The summed E-state index contributed by atoms with van der Waals surface area (Å²) in [5.41, 5.74) is 1.92. The lowest BCUT2D eigenvalue weighted by atomic mass is 10.1. The van der Waals surface area contributed by atoms with Gasteiger partial charge in [-0.05, 0) is 43.5 Å². The fourth-order valence-corrected chi connectivity index (χ4v) is 2.88. The van der Waals surface area contributed by atoms with E-state index in [1.807, 2.05) is 24.3 Å². The van der Waals surface area contributed by atoms with Gasteiger partial charge in [-0.1, -0.05) is 0 Å². The van der Waals surface area contributed by atoms with Crippen molar-refractivity contribution in [3.63, 3.8) is 0 Å². The molecule has 2 saturated heterocycles. The summed E-state index contributed by atoms with van der Waals surface area (Å²) in [5.74, 6) is -0.223. The molecule has 22 heavy (non-hydrogen) atoms. The lowest BCUT2D eigenvalue weighted by Crippen LogP contribution is -2.40. The molecule has 118 valence electrons. The third kappa shape index (κ3) is 3.00. The Labute approximate surface area is 130 Å². The minimum absolute atomic E-state index is 0.104. The minimum Gasteiger partial charge on any atom is -0.447 e. The van der Waals surface area contributed by atoms with Gasteiger partial charge in [-0.3, -0.25) is 9.69 Å². The number of piperidine rings is 1. The van der Waals surface area contributed by atoms with Crippen LogP contribution in [0.3, 0.4) is 0 Å². The number of anilines is 2. The summed E-state index contributed by atoms with van der Waals surface area (Å²) in [7, 11) is 1.57. The molecule has 1 atom stereocenters. The highest BCUT2D eigenvalue weighted by Crippen LogP contribution is 2.22. The Hall–Kier alpha value is -2.24. The number of rotatable bonds is 3. The molecule has 0 aromatic heterocycles. The van der Waals surface area contributed by atoms with Crippen molar-refractivity contribution in [2.24, 2.45) is 0 Å². The molecule has 1 aromatic carbocycles. The molecule has 0 bridgehead atoms. The van der Waals surface area contributed by atoms with Crippen molar-refractivity contribution in [3.05, 3.63) is 24.3 Å². The smallest absolute Gasteiger partial charge is 0.410 e. The number of carbonyl (C=O) groups excluding carboxylic acids is 2. The summed E-state index contributed by atoms with van der Waals surface area (Å²) in [5, 5.41) is 2.83. The van der Waals surface area contributed by atoms with Crippen molar-refractivity contribution in [3.8, 4) is 0 Å². The third-order valence-corrected chi connectivity index (χ3v) is 4.28. The summed E-state index contributed by atoms with van der Waals surface area (Å²) >= 11 is 0. The normalized spacial score (nSPS) is 21.7. The van der Waals surface area contributed by atoms with E-state index in [0.717, 1.165) is 18.8 Å². The summed E-state index contributed by atoms with van der Waals surface area (Å²) in [6, 6.07) is 7.30. The molecule has 2 heterocycles. The third-order valence-electron chi connectivity index (χ3n) is 4.28. The molecular weight excluding hydrogens is 282 g/mol. The second kappa shape index (κ2) is 6.25. The molecule has 1 unspecified atom stereocenters. The molecule has 0 spiro atoms. The first-order valence-electron chi connectivity index (χ1n) is 7.70. The van der Waals surface area contributed by atoms with Gasteiger partial charge in [0.1, 0.15) is 12.6 Å². The number of nitrogens with one attached hydrogen (secondary N) is 1. The molecule has 6 nitrogen and oxygen atoms in total. The zero-order chi connectivity index (χ0) is 15.5. The topological polar surface area (TPSA) is 61.9 Å². The first-order chi connectivity index (χ1) is 10.6. The Morgan fingerprint density at radius 1 is 1.18 bits per heavy atom. The van der Waals surface area contributed by atoms with Crippen LogP contribution in [-0.2, 0) is 9.53 Å². The molecule has 0 radical (unpaired) electrons. The van der Waals surface area contributed by atoms with Crippen LogP contribution < -0.4 is 10.2 Å². The Balaban J connectivity index is 1.61. The maximum atomic E-state index is 12.2. The van der Waals surface area contributed by atoms with Gasteiger partial charge in [0, 0.05) is 31.5 Å². The molecule has 0 saturated carbocycles. The summed E-state index contributed by atoms with van der Waals surface area (Å²) in [4.78, 5) is 27.1. The SMILES string of the molecule is CN1C(=O)OCC1C(=O)Nc1ccc(N2CCCCC2)cc1. The first-order valence-corrected chi connectivity index (χ1v) is 7.70. The van der Waals surface area contributed by atoms with Crippen molar-refractivity contribution in [2.45, 2.75) is 25.3 Å². The molecule has 2 aliphatic heterocycles. The highest BCUT2D eigenvalue weighted by atomic mass is 16.6. The van der Waals surface area contributed by atoms with Crippen molar-refractivity contribution < 1.29 is 14.3 Å². The monoisotopic (exact) mass is 303 g/mol. The quantitative estimate of drug-likeness (QED) is 0.928. The van der Waals surface area contributed by atoms with Gasteiger partial charge in [0.25, 0.3) is 5.91 Å². The van der Waals surface area contributed by atoms with Crippen LogP contribution in [-0.4, -0.2) is 49.7 Å². The van der Waals surface area contributed by atoms with E-state index in [9.17, 15) is 9.59 Å². The predicted octanol–water partition coefficient (Wildman–Crippen LogP) is 2.07. The lowest BCUT2D eigenvalue weighted by Gasteiger charge is -2.28. The highest BCUT2D eigenvalue weighted by Gasteiger charge is 2.35. The van der Waals surface area contributed by atoms with Crippen LogP contribution >= 0.6 is 0 Å². The lowest BCUT2D eigenvalue weighted by molar-refractivity contribution is -0.119. The van der Waals surface area contributed by atoms with Gasteiger partial charge in [0.15, 0.2) is 0 Å². The summed E-state index contributed by atoms with van der Waals surface area (Å²) in [6.07, 6.45) is 3.32. The fraction of sp³-hybridized carbons (Fsp3) is 0.500. The van der Waals surface area contributed by atoms with Gasteiger partial charge >= 0.3 is 6.09 Å². The van der Waals surface area contributed by atoms with E-state index in [0.29, 0.717) is 0 Å². The van der Waals surface area contributed by atoms with Crippen LogP contribution in [0.1, 0.15) is 19.3 Å². The number of nitrogens with zero attached hydrogens (tertiary/aromatic N) is 2.